The zero-order chi connectivity index (χ0) is 28.0. The number of para-hydroxylation sites is 1. The predicted octanol–water partition coefficient (Wildman–Crippen LogP) is 5.79. The number of carboxylic acids is 1. The molecule has 2 aromatic carbocycles. The van der Waals surface area contributed by atoms with Gasteiger partial charge in [0.1, 0.15) is 5.82 Å². The van der Waals surface area contributed by atoms with Crippen LogP contribution in [0.2, 0.25) is 10.0 Å². The standard InChI is InChI=1S/C23H25Cl2N5O.C2HF3O2/c1-30(2)21-16-6-3-4-9-19(16)28-23(29-21)27-15-12-10-14(11-13-15)26-22(31)20-17(24)7-5-8-18(20)25;3-2(4,5)1(6)7/h3-9,14-15H,10-13H2,1-2H3,(H,26,31)(H,27,28,29);(H,6,7). The maximum absolute atomic E-state index is 12.6. The fraction of sp³-hybridized carbons (Fsp3) is 0.360. The first-order valence-electron chi connectivity index (χ1n) is 11.6. The second-order valence-electron chi connectivity index (χ2n) is 8.85. The molecule has 1 aliphatic rings. The highest BCUT2D eigenvalue weighted by Gasteiger charge is 2.38. The number of aliphatic carboxylic acids is 1. The second kappa shape index (κ2) is 12.5. The van der Waals surface area contributed by atoms with Crippen molar-refractivity contribution in [2.45, 2.75) is 43.9 Å². The molecule has 1 saturated carbocycles. The number of hydrogen-bond donors (Lipinski definition) is 3. The predicted molar refractivity (Wildman–Crippen MR) is 141 cm³/mol. The molecule has 0 aliphatic heterocycles. The zero-order valence-electron chi connectivity index (χ0n) is 20.5. The number of amides is 1. The molecule has 204 valence electrons. The molecule has 3 aromatic rings. The summed E-state index contributed by atoms with van der Waals surface area (Å²) in [7, 11) is 3.97. The van der Waals surface area contributed by atoms with Gasteiger partial charge in [-0.1, -0.05) is 41.4 Å². The molecule has 1 heterocycles. The lowest BCUT2D eigenvalue weighted by atomic mass is 9.91. The van der Waals surface area contributed by atoms with E-state index in [1.165, 1.54) is 0 Å². The van der Waals surface area contributed by atoms with Crippen LogP contribution in [0.3, 0.4) is 0 Å². The summed E-state index contributed by atoms with van der Waals surface area (Å²) in [5.41, 5.74) is 1.26. The lowest BCUT2D eigenvalue weighted by Crippen LogP contribution is -2.40. The number of rotatable bonds is 5. The molecule has 8 nitrogen and oxygen atoms in total. The SMILES string of the molecule is CN(C)c1nc(NC2CCC(NC(=O)c3c(Cl)cccc3Cl)CC2)nc2ccccc12.O=C(O)C(F)(F)F. The number of anilines is 2. The fourth-order valence-electron chi connectivity index (χ4n) is 4.00. The van der Waals surface area contributed by atoms with Crippen molar-refractivity contribution in [1.82, 2.24) is 15.3 Å². The van der Waals surface area contributed by atoms with Gasteiger partial charge in [-0.15, -0.1) is 0 Å². The summed E-state index contributed by atoms with van der Waals surface area (Å²) in [5, 5.41) is 15.5. The van der Waals surface area contributed by atoms with Gasteiger partial charge in [0.2, 0.25) is 5.95 Å². The Morgan fingerprint density at radius 3 is 2.05 bits per heavy atom. The highest BCUT2D eigenvalue weighted by Crippen LogP contribution is 2.28. The largest absolute Gasteiger partial charge is 0.490 e. The van der Waals surface area contributed by atoms with Gasteiger partial charge in [-0.3, -0.25) is 4.79 Å². The van der Waals surface area contributed by atoms with Crippen LogP contribution < -0.4 is 15.5 Å². The minimum Gasteiger partial charge on any atom is -0.475 e. The summed E-state index contributed by atoms with van der Waals surface area (Å²) in [6, 6.07) is 13.4. The molecule has 13 heteroatoms. The summed E-state index contributed by atoms with van der Waals surface area (Å²) >= 11 is 12.3. The number of hydrogen-bond acceptors (Lipinski definition) is 6. The van der Waals surface area contributed by atoms with E-state index in [0.29, 0.717) is 21.6 Å². The van der Waals surface area contributed by atoms with E-state index in [0.717, 1.165) is 42.4 Å². The van der Waals surface area contributed by atoms with E-state index in [4.69, 9.17) is 43.1 Å². The van der Waals surface area contributed by atoms with Crippen LogP contribution in [0.25, 0.3) is 10.9 Å². The Labute approximate surface area is 227 Å². The number of halogens is 5. The average molecular weight is 572 g/mol. The first kappa shape index (κ1) is 29.2. The number of aromatic nitrogens is 2. The monoisotopic (exact) mass is 571 g/mol. The van der Waals surface area contributed by atoms with Crippen molar-refractivity contribution in [3.05, 3.63) is 58.1 Å². The molecule has 38 heavy (non-hydrogen) atoms. The van der Waals surface area contributed by atoms with Gasteiger partial charge in [0.25, 0.3) is 5.91 Å². The third-order valence-electron chi connectivity index (χ3n) is 5.83. The first-order valence-corrected chi connectivity index (χ1v) is 12.4. The highest BCUT2D eigenvalue weighted by atomic mass is 35.5. The van der Waals surface area contributed by atoms with Crippen molar-refractivity contribution in [2.24, 2.45) is 0 Å². The molecule has 0 saturated heterocycles. The van der Waals surface area contributed by atoms with E-state index in [2.05, 4.69) is 10.6 Å². The summed E-state index contributed by atoms with van der Waals surface area (Å²) in [6.07, 6.45) is -1.54. The van der Waals surface area contributed by atoms with Crippen molar-refractivity contribution in [3.8, 4) is 0 Å². The van der Waals surface area contributed by atoms with Crippen LogP contribution in [0.1, 0.15) is 36.0 Å². The Balaban J connectivity index is 0.000000505. The molecule has 0 unspecified atom stereocenters. The lowest BCUT2D eigenvalue weighted by Gasteiger charge is -2.30. The van der Waals surface area contributed by atoms with Crippen LogP contribution in [-0.4, -0.2) is 59.3 Å². The molecule has 0 bridgehead atoms. The summed E-state index contributed by atoms with van der Waals surface area (Å²) in [4.78, 5) is 32.9. The smallest absolute Gasteiger partial charge is 0.475 e. The minimum atomic E-state index is -5.08. The van der Waals surface area contributed by atoms with E-state index in [1.54, 1.807) is 18.2 Å². The molecule has 1 aliphatic carbocycles. The van der Waals surface area contributed by atoms with Gasteiger partial charge in [0.15, 0.2) is 0 Å². The number of benzene rings is 2. The highest BCUT2D eigenvalue weighted by molar-refractivity contribution is 6.39. The van der Waals surface area contributed by atoms with Gasteiger partial charge in [-0.2, -0.15) is 18.2 Å². The van der Waals surface area contributed by atoms with E-state index in [1.807, 2.05) is 43.3 Å². The lowest BCUT2D eigenvalue weighted by molar-refractivity contribution is -0.192. The second-order valence-corrected chi connectivity index (χ2v) is 9.66. The number of nitrogens with zero attached hydrogens (tertiary/aromatic N) is 3. The Morgan fingerprint density at radius 2 is 1.50 bits per heavy atom. The molecule has 1 aromatic heterocycles. The number of carboxylic acid groups (broad SMARTS) is 1. The average Bonchev–Trinajstić information content (AvgIpc) is 2.84. The van der Waals surface area contributed by atoms with Crippen LogP contribution in [0.4, 0.5) is 24.9 Å². The van der Waals surface area contributed by atoms with Gasteiger partial charge >= 0.3 is 12.1 Å². The van der Waals surface area contributed by atoms with Crippen molar-refractivity contribution >= 4 is 57.7 Å². The summed E-state index contributed by atoms with van der Waals surface area (Å²) in [6.45, 7) is 0. The van der Waals surface area contributed by atoms with E-state index in [9.17, 15) is 18.0 Å². The van der Waals surface area contributed by atoms with Crippen molar-refractivity contribution in [3.63, 3.8) is 0 Å². The molecule has 4 rings (SSSR count). The topological polar surface area (TPSA) is 107 Å². The van der Waals surface area contributed by atoms with Crippen LogP contribution in [0.5, 0.6) is 0 Å². The Kier molecular flexibility index (Phi) is 9.61. The van der Waals surface area contributed by atoms with E-state index >= 15 is 0 Å². The van der Waals surface area contributed by atoms with Crippen LogP contribution in [0.15, 0.2) is 42.5 Å². The molecule has 1 fully saturated rings. The van der Waals surface area contributed by atoms with E-state index in [-0.39, 0.29) is 18.0 Å². The van der Waals surface area contributed by atoms with Crippen molar-refractivity contribution < 1.29 is 27.9 Å². The summed E-state index contributed by atoms with van der Waals surface area (Å²) < 4.78 is 31.7. The van der Waals surface area contributed by atoms with Crippen molar-refractivity contribution in [1.29, 1.82) is 0 Å². The molecule has 0 atom stereocenters. The Hall–Kier alpha value is -3.31. The zero-order valence-corrected chi connectivity index (χ0v) is 22.0. The minimum absolute atomic E-state index is 0.0905. The van der Waals surface area contributed by atoms with E-state index < -0.39 is 12.1 Å². The number of nitrogens with one attached hydrogen (secondary N) is 2. The van der Waals surface area contributed by atoms with Gasteiger partial charge in [-0.05, 0) is 49.9 Å². The number of alkyl halides is 3. The fourth-order valence-corrected chi connectivity index (χ4v) is 4.57. The maximum atomic E-state index is 12.6. The van der Waals surface area contributed by atoms with Gasteiger partial charge < -0.3 is 20.6 Å². The quantitative estimate of drug-likeness (QED) is 0.355. The third kappa shape index (κ3) is 7.61. The normalized spacial score (nSPS) is 17.2. The number of carbonyl (C=O) groups excluding carboxylic acids is 1. The summed E-state index contributed by atoms with van der Waals surface area (Å²) in [5.74, 6) is -1.45. The maximum Gasteiger partial charge on any atom is 0.490 e. The van der Waals surface area contributed by atoms with Gasteiger partial charge in [-0.25, -0.2) is 9.78 Å². The molecule has 0 radical (unpaired) electrons. The molecular weight excluding hydrogens is 546 g/mol. The van der Waals surface area contributed by atoms with Crippen LogP contribution in [-0.2, 0) is 4.79 Å². The number of fused-ring (bicyclic) bond motifs is 1. The molecule has 1 amide bonds. The number of carbonyl (C=O) groups is 2. The van der Waals surface area contributed by atoms with Crippen LogP contribution >= 0.6 is 23.2 Å². The molecule has 0 spiro atoms. The molecule has 3 N–H and O–H groups in total. The Bertz CT molecular complexity index is 1280. The Morgan fingerprint density at radius 1 is 0.947 bits per heavy atom. The van der Waals surface area contributed by atoms with Crippen molar-refractivity contribution in [2.75, 3.05) is 24.3 Å². The van der Waals surface area contributed by atoms with Gasteiger partial charge in [0, 0.05) is 31.6 Å². The third-order valence-corrected chi connectivity index (χ3v) is 6.46. The van der Waals surface area contributed by atoms with Gasteiger partial charge in [0.05, 0.1) is 21.1 Å². The van der Waals surface area contributed by atoms with Crippen LogP contribution in [0, 0.1) is 0 Å². The first-order chi connectivity index (χ1) is 17.9. The molecular formula is C25H26Cl2F3N5O3.